The van der Waals surface area contributed by atoms with Crippen LogP contribution in [0.2, 0.25) is 5.15 Å². The van der Waals surface area contributed by atoms with Crippen LogP contribution in [0, 0.1) is 0 Å². The van der Waals surface area contributed by atoms with Crippen LogP contribution in [0.25, 0.3) is 0 Å². The van der Waals surface area contributed by atoms with E-state index in [2.05, 4.69) is 24.4 Å². The highest BCUT2D eigenvalue weighted by atomic mass is 35.5. The third-order valence-electron chi connectivity index (χ3n) is 3.07. The minimum absolute atomic E-state index is 0.357. The van der Waals surface area contributed by atoms with Gasteiger partial charge in [-0.2, -0.15) is 0 Å². The summed E-state index contributed by atoms with van der Waals surface area (Å²) in [6.45, 7) is 2.86. The van der Waals surface area contributed by atoms with Gasteiger partial charge in [-0.3, -0.25) is 0 Å². The minimum atomic E-state index is 0.357. The van der Waals surface area contributed by atoms with Gasteiger partial charge in [0.2, 0.25) is 0 Å². The molecule has 3 rings (SSSR count). The normalized spacial score (nSPS) is 14.5. The second-order valence-electron chi connectivity index (χ2n) is 4.36. The molecule has 19 heavy (non-hydrogen) atoms. The highest BCUT2D eigenvalue weighted by molar-refractivity contribution is 6.29. The number of halogens is 1. The second-order valence-corrected chi connectivity index (χ2v) is 4.74. The molecule has 1 aliphatic rings. The molecular formula is C12H14ClN5O. The van der Waals surface area contributed by atoms with E-state index < -0.39 is 0 Å². The molecule has 0 spiro atoms. The third kappa shape index (κ3) is 2.54. The Hall–Kier alpha value is -1.66. The summed E-state index contributed by atoms with van der Waals surface area (Å²) >= 11 is 6.03. The number of fused-ring (bicyclic) bond motifs is 1. The molecule has 1 aliphatic heterocycles. The molecule has 0 saturated carbocycles. The molecule has 0 N–H and O–H groups in total. The topological polar surface area (TPSA) is 56.1 Å². The summed E-state index contributed by atoms with van der Waals surface area (Å²) in [5.41, 5.74) is 0. The van der Waals surface area contributed by atoms with Crippen LogP contribution in [0.5, 0.6) is 0 Å². The van der Waals surface area contributed by atoms with Gasteiger partial charge in [-0.25, -0.2) is 15.0 Å². The maximum Gasteiger partial charge on any atom is 0.158 e. The standard InChI is InChI=1S/C12H14ClN5O/c1-19-8-10-15-9(13)6-11(16-10)18-5-4-17-3-2-14-12(17)7-18/h2-3,6H,4-5,7-8H2,1H3. The van der Waals surface area contributed by atoms with Crippen LogP contribution in [0.15, 0.2) is 18.5 Å². The first-order valence-electron chi connectivity index (χ1n) is 6.03. The van der Waals surface area contributed by atoms with Crippen LogP contribution < -0.4 is 4.90 Å². The average molecular weight is 280 g/mol. The molecule has 0 unspecified atom stereocenters. The summed E-state index contributed by atoms with van der Waals surface area (Å²) in [6.07, 6.45) is 3.82. The van der Waals surface area contributed by atoms with Gasteiger partial charge in [-0.15, -0.1) is 0 Å². The van der Waals surface area contributed by atoms with E-state index in [1.165, 1.54) is 0 Å². The molecular weight excluding hydrogens is 266 g/mol. The van der Waals surface area contributed by atoms with Crippen molar-refractivity contribution in [3.63, 3.8) is 0 Å². The average Bonchev–Trinajstić information content (AvgIpc) is 2.85. The smallest absolute Gasteiger partial charge is 0.158 e. The van der Waals surface area contributed by atoms with Gasteiger partial charge in [0.1, 0.15) is 23.4 Å². The molecule has 0 radical (unpaired) electrons. The number of rotatable bonds is 3. The lowest BCUT2D eigenvalue weighted by molar-refractivity contribution is 0.178. The fourth-order valence-electron chi connectivity index (χ4n) is 2.18. The first-order chi connectivity index (χ1) is 9.26. The molecule has 0 fully saturated rings. The summed E-state index contributed by atoms with van der Waals surface area (Å²) in [5, 5.41) is 0.436. The van der Waals surface area contributed by atoms with E-state index in [0.717, 1.165) is 31.3 Å². The van der Waals surface area contributed by atoms with Crippen molar-refractivity contribution in [3.8, 4) is 0 Å². The Balaban J connectivity index is 1.87. The van der Waals surface area contributed by atoms with Crippen molar-refractivity contribution in [2.45, 2.75) is 19.7 Å². The van der Waals surface area contributed by atoms with Crippen LogP contribution >= 0.6 is 11.6 Å². The predicted octanol–water partition coefficient (Wildman–Crippen LogP) is 1.49. The van der Waals surface area contributed by atoms with Crippen molar-refractivity contribution >= 4 is 17.4 Å². The molecule has 0 amide bonds. The van der Waals surface area contributed by atoms with Gasteiger partial charge in [0.25, 0.3) is 0 Å². The molecule has 0 saturated heterocycles. The van der Waals surface area contributed by atoms with Gasteiger partial charge in [-0.05, 0) is 0 Å². The summed E-state index contributed by atoms with van der Waals surface area (Å²) in [5.74, 6) is 2.45. The van der Waals surface area contributed by atoms with Crippen molar-refractivity contribution in [1.29, 1.82) is 0 Å². The summed E-state index contributed by atoms with van der Waals surface area (Å²) in [4.78, 5) is 15.1. The van der Waals surface area contributed by atoms with Crippen LogP contribution in [-0.4, -0.2) is 33.2 Å². The zero-order chi connectivity index (χ0) is 13.2. The summed E-state index contributed by atoms with van der Waals surface area (Å²) < 4.78 is 7.20. The number of nitrogens with zero attached hydrogens (tertiary/aromatic N) is 5. The molecule has 2 aromatic rings. The summed E-state index contributed by atoms with van der Waals surface area (Å²) in [6, 6.07) is 1.78. The lowest BCUT2D eigenvalue weighted by atomic mass is 10.3. The van der Waals surface area contributed by atoms with E-state index in [-0.39, 0.29) is 0 Å². The number of anilines is 1. The number of hydrogen-bond acceptors (Lipinski definition) is 5. The SMILES string of the molecule is COCc1nc(Cl)cc(N2CCn3ccnc3C2)n1. The minimum Gasteiger partial charge on any atom is -0.377 e. The van der Waals surface area contributed by atoms with E-state index in [9.17, 15) is 0 Å². The Kier molecular flexibility index (Phi) is 3.35. The van der Waals surface area contributed by atoms with Crippen molar-refractivity contribution in [1.82, 2.24) is 19.5 Å². The number of aromatic nitrogens is 4. The fraction of sp³-hybridized carbons (Fsp3) is 0.417. The Morgan fingerprint density at radius 1 is 1.37 bits per heavy atom. The van der Waals surface area contributed by atoms with Gasteiger partial charge < -0.3 is 14.2 Å². The molecule has 0 aromatic carbocycles. The Morgan fingerprint density at radius 2 is 2.26 bits per heavy atom. The van der Waals surface area contributed by atoms with Crippen molar-refractivity contribution in [2.24, 2.45) is 0 Å². The van der Waals surface area contributed by atoms with Crippen LogP contribution in [-0.2, 0) is 24.4 Å². The van der Waals surface area contributed by atoms with Crippen LogP contribution in [0.3, 0.4) is 0 Å². The molecule has 6 nitrogen and oxygen atoms in total. The van der Waals surface area contributed by atoms with Gasteiger partial charge >= 0.3 is 0 Å². The number of imidazole rings is 1. The highest BCUT2D eigenvalue weighted by Gasteiger charge is 2.18. The highest BCUT2D eigenvalue weighted by Crippen LogP contribution is 2.21. The van der Waals surface area contributed by atoms with Crippen LogP contribution in [0.4, 0.5) is 5.82 Å². The molecule has 2 aromatic heterocycles. The zero-order valence-corrected chi connectivity index (χ0v) is 11.3. The molecule has 3 heterocycles. The molecule has 0 aliphatic carbocycles. The lowest BCUT2D eigenvalue weighted by Gasteiger charge is -2.28. The zero-order valence-electron chi connectivity index (χ0n) is 10.6. The first-order valence-corrected chi connectivity index (χ1v) is 6.41. The summed E-state index contributed by atoms with van der Waals surface area (Å²) in [7, 11) is 1.61. The lowest BCUT2D eigenvalue weighted by Crippen LogP contribution is -2.34. The monoisotopic (exact) mass is 279 g/mol. The Labute approximate surface area is 116 Å². The number of hydrogen-bond donors (Lipinski definition) is 0. The predicted molar refractivity (Wildman–Crippen MR) is 71.0 cm³/mol. The quantitative estimate of drug-likeness (QED) is 0.797. The molecule has 0 bridgehead atoms. The van der Waals surface area contributed by atoms with E-state index in [1.54, 1.807) is 13.2 Å². The third-order valence-corrected chi connectivity index (χ3v) is 3.26. The first kappa shape index (κ1) is 12.4. The van der Waals surface area contributed by atoms with Gasteiger partial charge in [-0.1, -0.05) is 11.6 Å². The Morgan fingerprint density at radius 3 is 3.11 bits per heavy atom. The van der Waals surface area contributed by atoms with Gasteiger partial charge in [0.05, 0.1) is 6.54 Å². The van der Waals surface area contributed by atoms with Crippen molar-refractivity contribution < 1.29 is 4.74 Å². The Bertz CT molecular complexity index is 585. The van der Waals surface area contributed by atoms with Gasteiger partial charge in [0, 0.05) is 38.7 Å². The molecule has 0 atom stereocenters. The number of ether oxygens (including phenoxy) is 1. The van der Waals surface area contributed by atoms with Gasteiger partial charge in [0.15, 0.2) is 5.82 Å². The second kappa shape index (κ2) is 5.14. The van der Waals surface area contributed by atoms with E-state index in [1.807, 2.05) is 12.4 Å². The van der Waals surface area contributed by atoms with E-state index in [4.69, 9.17) is 16.3 Å². The largest absolute Gasteiger partial charge is 0.377 e. The maximum absolute atomic E-state index is 6.03. The van der Waals surface area contributed by atoms with Crippen molar-refractivity contribution in [2.75, 3.05) is 18.6 Å². The fourth-order valence-corrected chi connectivity index (χ4v) is 2.37. The van der Waals surface area contributed by atoms with E-state index in [0.29, 0.717) is 17.6 Å². The maximum atomic E-state index is 6.03. The molecule has 7 heteroatoms. The number of methoxy groups -OCH3 is 1. The van der Waals surface area contributed by atoms with E-state index >= 15 is 0 Å². The van der Waals surface area contributed by atoms with Crippen LogP contribution in [0.1, 0.15) is 11.6 Å². The molecule has 100 valence electrons. The van der Waals surface area contributed by atoms with Crippen molar-refractivity contribution in [3.05, 3.63) is 35.3 Å².